The minimum Gasteiger partial charge on any atom is -0.356 e. The first-order valence-corrected chi connectivity index (χ1v) is 8.15. The van der Waals surface area contributed by atoms with Crippen LogP contribution in [0.4, 0.5) is 0 Å². The number of nitrogens with one attached hydrogen (secondary N) is 1. The molecule has 1 saturated heterocycles. The number of carbonyl (C=O) groups excluding carboxylic acids is 3. The molecular formula is C16H25N5O3. The van der Waals surface area contributed by atoms with E-state index in [2.05, 4.69) is 36.4 Å². The smallest absolute Gasteiger partial charge is 0.232 e. The normalized spacial score (nSPS) is 18.3. The first-order chi connectivity index (χ1) is 11.2. The lowest BCUT2D eigenvalue weighted by molar-refractivity contribution is -0.140. The van der Waals surface area contributed by atoms with Gasteiger partial charge in [-0.3, -0.25) is 24.0 Å². The second-order valence-electron chi connectivity index (χ2n) is 7.48. The Morgan fingerprint density at radius 3 is 2.67 bits per heavy atom. The van der Waals surface area contributed by atoms with Gasteiger partial charge in [0.1, 0.15) is 5.69 Å². The van der Waals surface area contributed by atoms with E-state index in [-0.39, 0.29) is 42.0 Å². The van der Waals surface area contributed by atoms with Gasteiger partial charge in [-0.25, -0.2) is 0 Å². The van der Waals surface area contributed by atoms with Crippen molar-refractivity contribution in [1.82, 2.24) is 25.2 Å². The van der Waals surface area contributed by atoms with E-state index in [0.717, 1.165) is 0 Å². The average molecular weight is 335 g/mol. The van der Waals surface area contributed by atoms with E-state index < -0.39 is 0 Å². The van der Waals surface area contributed by atoms with Crippen LogP contribution in [0.3, 0.4) is 0 Å². The highest BCUT2D eigenvalue weighted by atomic mass is 16.2. The summed E-state index contributed by atoms with van der Waals surface area (Å²) in [6.07, 6.45) is 2.22. The molecule has 3 amide bonds. The molecule has 2 heterocycles. The average Bonchev–Trinajstić information content (AvgIpc) is 3.03. The molecule has 24 heavy (non-hydrogen) atoms. The van der Waals surface area contributed by atoms with Crippen LogP contribution in [-0.4, -0.2) is 44.2 Å². The molecule has 1 aromatic rings. The van der Waals surface area contributed by atoms with E-state index in [0.29, 0.717) is 25.2 Å². The number of rotatable bonds is 6. The van der Waals surface area contributed by atoms with Crippen LogP contribution in [0.25, 0.3) is 0 Å². The molecule has 1 aliphatic rings. The Balaban J connectivity index is 1.82. The lowest BCUT2D eigenvalue weighted by Gasteiger charge is -2.18. The van der Waals surface area contributed by atoms with Crippen molar-refractivity contribution in [1.29, 1.82) is 0 Å². The molecule has 2 rings (SSSR count). The predicted octanol–water partition coefficient (Wildman–Crippen LogP) is 0.726. The maximum absolute atomic E-state index is 11.9. The van der Waals surface area contributed by atoms with E-state index in [1.807, 2.05) is 0 Å². The molecule has 8 heteroatoms. The highest BCUT2D eigenvalue weighted by Gasteiger charge is 2.35. The number of aromatic nitrogens is 3. The van der Waals surface area contributed by atoms with Crippen molar-refractivity contribution < 1.29 is 14.4 Å². The highest BCUT2D eigenvalue weighted by molar-refractivity contribution is 6.03. The molecule has 132 valence electrons. The highest BCUT2D eigenvalue weighted by Crippen LogP contribution is 2.20. The molecule has 0 spiro atoms. The predicted molar refractivity (Wildman–Crippen MR) is 86.4 cm³/mol. The summed E-state index contributed by atoms with van der Waals surface area (Å²) in [5.74, 6) is -0.653. The van der Waals surface area contributed by atoms with E-state index in [1.165, 1.54) is 4.90 Å². The van der Waals surface area contributed by atoms with E-state index in [9.17, 15) is 14.4 Å². The molecule has 8 nitrogen and oxygen atoms in total. The van der Waals surface area contributed by atoms with Gasteiger partial charge in [-0.1, -0.05) is 32.9 Å². The van der Waals surface area contributed by atoms with Gasteiger partial charge in [0.25, 0.3) is 0 Å². The number of hydrogen-bond donors (Lipinski definition) is 1. The summed E-state index contributed by atoms with van der Waals surface area (Å²) in [5, 5.41) is 10.8. The van der Waals surface area contributed by atoms with Crippen molar-refractivity contribution in [2.45, 2.75) is 53.6 Å². The molecule has 1 N–H and O–H groups in total. The zero-order valence-electron chi connectivity index (χ0n) is 14.7. The third kappa shape index (κ3) is 4.87. The number of likely N-dealkylation sites (tertiary alicyclic amines) is 1. The Morgan fingerprint density at radius 2 is 2.08 bits per heavy atom. The van der Waals surface area contributed by atoms with Crippen LogP contribution in [0, 0.1) is 11.3 Å². The van der Waals surface area contributed by atoms with Crippen LogP contribution >= 0.6 is 0 Å². The van der Waals surface area contributed by atoms with Crippen molar-refractivity contribution in [2.75, 3.05) is 6.54 Å². The molecule has 0 aliphatic carbocycles. The third-order valence-electron chi connectivity index (χ3n) is 3.76. The third-order valence-corrected chi connectivity index (χ3v) is 3.76. The van der Waals surface area contributed by atoms with Gasteiger partial charge >= 0.3 is 0 Å². The summed E-state index contributed by atoms with van der Waals surface area (Å²) < 4.78 is 1.56. The molecule has 1 aromatic heterocycles. The molecule has 1 atom stereocenters. The molecule has 1 aliphatic heterocycles. The largest absolute Gasteiger partial charge is 0.356 e. The van der Waals surface area contributed by atoms with Crippen molar-refractivity contribution in [3.63, 3.8) is 0 Å². The zero-order valence-corrected chi connectivity index (χ0v) is 14.7. The first kappa shape index (κ1) is 18.1. The maximum Gasteiger partial charge on any atom is 0.232 e. The number of aryl methyl sites for hydroxylation is 1. The Bertz CT molecular complexity index is 632. The summed E-state index contributed by atoms with van der Waals surface area (Å²) >= 11 is 0. The minimum atomic E-state index is -0.265. The fourth-order valence-corrected chi connectivity index (χ4v) is 2.36. The van der Waals surface area contributed by atoms with Crippen LogP contribution in [0.15, 0.2) is 6.20 Å². The molecule has 1 unspecified atom stereocenters. The van der Waals surface area contributed by atoms with Crippen molar-refractivity contribution in [3.8, 4) is 0 Å². The van der Waals surface area contributed by atoms with Crippen molar-refractivity contribution in [3.05, 3.63) is 11.9 Å². The summed E-state index contributed by atoms with van der Waals surface area (Å²) in [4.78, 5) is 36.7. The first-order valence-electron chi connectivity index (χ1n) is 8.15. The second-order valence-corrected chi connectivity index (χ2v) is 7.48. The van der Waals surface area contributed by atoms with Crippen LogP contribution < -0.4 is 5.32 Å². The van der Waals surface area contributed by atoms with E-state index in [1.54, 1.807) is 17.8 Å². The summed E-state index contributed by atoms with van der Waals surface area (Å²) in [6.45, 7) is 9.06. The van der Waals surface area contributed by atoms with E-state index >= 15 is 0 Å². The number of hydrogen-bond acceptors (Lipinski definition) is 5. The van der Waals surface area contributed by atoms with Gasteiger partial charge in [-0.15, -0.1) is 5.10 Å². The van der Waals surface area contributed by atoms with Crippen molar-refractivity contribution >= 4 is 17.7 Å². The van der Waals surface area contributed by atoms with Gasteiger partial charge < -0.3 is 5.32 Å². The van der Waals surface area contributed by atoms with Crippen LogP contribution in [-0.2, 0) is 27.5 Å². The second kappa shape index (κ2) is 7.11. The number of carbonyl (C=O) groups is 3. The van der Waals surface area contributed by atoms with Gasteiger partial charge in [0.05, 0.1) is 19.3 Å². The topological polar surface area (TPSA) is 97.2 Å². The number of nitrogens with zero attached hydrogens (tertiary/aromatic N) is 4. The quantitative estimate of drug-likeness (QED) is 0.773. The molecule has 0 saturated carbocycles. The fraction of sp³-hybridized carbons (Fsp3) is 0.688. The van der Waals surface area contributed by atoms with Crippen LogP contribution in [0.2, 0.25) is 0 Å². The molecule has 0 aromatic carbocycles. The van der Waals surface area contributed by atoms with E-state index in [4.69, 9.17) is 0 Å². The van der Waals surface area contributed by atoms with Crippen LogP contribution in [0.1, 0.15) is 46.2 Å². The van der Waals surface area contributed by atoms with Gasteiger partial charge in [0, 0.05) is 25.3 Å². The molecule has 1 fully saturated rings. The van der Waals surface area contributed by atoms with Gasteiger partial charge in [0.15, 0.2) is 0 Å². The van der Waals surface area contributed by atoms with Crippen LogP contribution in [0.5, 0.6) is 0 Å². The monoisotopic (exact) mass is 335 g/mol. The Labute approximate surface area is 141 Å². The molecule has 0 radical (unpaired) electrons. The minimum absolute atomic E-state index is 0.0410. The lowest BCUT2D eigenvalue weighted by Crippen LogP contribution is -2.32. The standard InChI is InChI=1S/C16H25N5O3/c1-11-7-14(23)21(15(11)24)9-12-8-20(19-18-12)6-5-13(22)17-10-16(2,3)4/h8,11H,5-7,9-10H2,1-4H3,(H,17,22). The molecular weight excluding hydrogens is 310 g/mol. The number of amides is 3. The Morgan fingerprint density at radius 1 is 1.38 bits per heavy atom. The Hall–Kier alpha value is -2.25. The fourth-order valence-electron chi connectivity index (χ4n) is 2.36. The number of imide groups is 1. The maximum atomic E-state index is 11.9. The van der Waals surface area contributed by atoms with Gasteiger partial charge in [0.2, 0.25) is 17.7 Å². The van der Waals surface area contributed by atoms with Gasteiger partial charge in [-0.05, 0) is 5.41 Å². The van der Waals surface area contributed by atoms with Crippen molar-refractivity contribution in [2.24, 2.45) is 11.3 Å². The zero-order chi connectivity index (χ0) is 17.9. The molecule has 0 bridgehead atoms. The summed E-state index contributed by atoms with van der Waals surface area (Å²) in [6, 6.07) is 0. The van der Waals surface area contributed by atoms with Gasteiger partial charge in [-0.2, -0.15) is 0 Å². The Kier molecular flexibility index (Phi) is 5.36. The SMILES string of the molecule is CC1CC(=O)N(Cc2cn(CCC(=O)NCC(C)(C)C)nn2)C1=O. The lowest BCUT2D eigenvalue weighted by atomic mass is 9.97. The summed E-state index contributed by atoms with van der Waals surface area (Å²) in [7, 11) is 0. The summed E-state index contributed by atoms with van der Waals surface area (Å²) in [5.41, 5.74) is 0.586.